The van der Waals surface area contributed by atoms with E-state index in [4.69, 9.17) is 11.6 Å². The summed E-state index contributed by atoms with van der Waals surface area (Å²) in [5.74, 6) is -0.401. The fraction of sp³-hybridized carbons (Fsp3) is 0.133. The maximum atomic E-state index is 12.0. The molecule has 0 aromatic heterocycles. The number of hydrogen-bond acceptors (Lipinski definition) is 4. The summed E-state index contributed by atoms with van der Waals surface area (Å²) >= 11 is 6.84. The molecule has 2 aromatic rings. The van der Waals surface area contributed by atoms with Crippen molar-refractivity contribution >= 4 is 40.8 Å². The Kier molecular flexibility index (Phi) is 5.41. The van der Waals surface area contributed by atoms with Gasteiger partial charge in [-0.05, 0) is 43.1 Å². The first-order valence-electron chi connectivity index (χ1n) is 6.39. The Balaban J connectivity index is 2.25. The first kappa shape index (κ1) is 16.3. The van der Waals surface area contributed by atoms with Crippen molar-refractivity contribution < 1.29 is 9.72 Å². The molecule has 22 heavy (non-hydrogen) atoms. The van der Waals surface area contributed by atoms with Gasteiger partial charge in [-0.3, -0.25) is 14.9 Å². The molecule has 0 aliphatic carbocycles. The second kappa shape index (κ2) is 7.29. The molecule has 0 spiro atoms. The monoisotopic (exact) mass is 336 g/mol. The van der Waals surface area contributed by atoms with Crippen molar-refractivity contribution in [2.24, 2.45) is 0 Å². The van der Waals surface area contributed by atoms with Gasteiger partial charge in [0.25, 0.3) is 11.6 Å². The molecule has 0 bridgehead atoms. The molecule has 114 valence electrons. The number of carbonyl (C=O) groups excluding carboxylic acids is 1. The molecule has 0 saturated carbocycles. The highest BCUT2D eigenvalue weighted by atomic mass is 35.5. The van der Waals surface area contributed by atoms with E-state index in [1.54, 1.807) is 12.1 Å². The summed E-state index contributed by atoms with van der Waals surface area (Å²) in [6.07, 6.45) is 0. The van der Waals surface area contributed by atoms with E-state index < -0.39 is 4.92 Å². The van der Waals surface area contributed by atoms with Gasteiger partial charge in [0.05, 0.1) is 10.6 Å². The number of halogens is 1. The highest BCUT2D eigenvalue weighted by Crippen LogP contribution is 2.30. The fourth-order valence-electron chi connectivity index (χ4n) is 1.72. The zero-order valence-corrected chi connectivity index (χ0v) is 13.3. The zero-order chi connectivity index (χ0) is 16.1. The normalized spacial score (nSPS) is 10.3. The van der Waals surface area contributed by atoms with Crippen LogP contribution in [-0.4, -0.2) is 16.7 Å². The van der Waals surface area contributed by atoms with Crippen molar-refractivity contribution in [2.75, 3.05) is 10.2 Å². The van der Waals surface area contributed by atoms with Gasteiger partial charge in [0.1, 0.15) is 5.88 Å². The molecular formula is C15H13ClN2O3S. The van der Waals surface area contributed by atoms with Crippen LogP contribution in [-0.2, 0) is 4.79 Å². The largest absolute Gasteiger partial charge is 0.272 e. The van der Waals surface area contributed by atoms with Gasteiger partial charge >= 0.3 is 0 Å². The summed E-state index contributed by atoms with van der Waals surface area (Å²) in [6.45, 7) is 1.96. The number of rotatable bonds is 5. The molecule has 0 unspecified atom stereocenters. The molecule has 0 N–H and O–H groups in total. The lowest BCUT2D eigenvalue weighted by Gasteiger charge is -2.20. The highest BCUT2D eigenvalue weighted by Gasteiger charge is 2.17. The van der Waals surface area contributed by atoms with Gasteiger partial charge in [-0.2, -0.15) is 0 Å². The summed E-state index contributed by atoms with van der Waals surface area (Å²) in [5.41, 5.74) is 1.80. The number of nitrogens with zero attached hydrogens (tertiary/aromatic N) is 2. The second-order valence-electron chi connectivity index (χ2n) is 4.50. The Bertz CT molecular complexity index is 674. The smallest absolute Gasteiger partial charge is 0.269 e. The molecule has 0 aliphatic rings. The first-order chi connectivity index (χ1) is 10.5. The van der Waals surface area contributed by atoms with E-state index in [0.29, 0.717) is 10.6 Å². The van der Waals surface area contributed by atoms with Crippen molar-refractivity contribution in [3.05, 3.63) is 64.2 Å². The molecule has 0 heterocycles. The Morgan fingerprint density at radius 3 is 2.27 bits per heavy atom. The molecule has 7 heteroatoms. The average molecular weight is 337 g/mol. The average Bonchev–Trinajstić information content (AvgIpc) is 2.53. The van der Waals surface area contributed by atoms with Crippen LogP contribution in [0.25, 0.3) is 0 Å². The van der Waals surface area contributed by atoms with E-state index in [2.05, 4.69) is 0 Å². The van der Waals surface area contributed by atoms with Gasteiger partial charge in [0, 0.05) is 17.0 Å². The van der Waals surface area contributed by atoms with E-state index in [1.165, 1.54) is 28.4 Å². The minimum absolute atomic E-state index is 0.00917. The Morgan fingerprint density at radius 2 is 1.77 bits per heavy atom. The molecule has 0 fully saturated rings. The fourth-order valence-corrected chi connectivity index (χ4v) is 2.77. The Morgan fingerprint density at radius 1 is 1.18 bits per heavy atom. The number of anilines is 1. The van der Waals surface area contributed by atoms with Crippen molar-refractivity contribution in [3.63, 3.8) is 0 Å². The van der Waals surface area contributed by atoms with Crippen LogP contribution < -0.4 is 4.31 Å². The van der Waals surface area contributed by atoms with Crippen LogP contribution >= 0.6 is 23.5 Å². The molecule has 0 atom stereocenters. The van der Waals surface area contributed by atoms with Gasteiger partial charge in [-0.1, -0.05) is 17.7 Å². The summed E-state index contributed by atoms with van der Waals surface area (Å²) in [5, 5.41) is 10.7. The lowest BCUT2D eigenvalue weighted by Crippen LogP contribution is -2.24. The number of hydrogen-bond donors (Lipinski definition) is 0. The predicted octanol–water partition coefficient (Wildman–Crippen LogP) is 4.18. The molecule has 0 aliphatic heterocycles. The number of non-ortho nitro benzene ring substituents is 1. The Labute approximate surface area is 137 Å². The summed E-state index contributed by atoms with van der Waals surface area (Å²) < 4.78 is 1.48. The quantitative estimate of drug-likeness (QED) is 0.355. The lowest BCUT2D eigenvalue weighted by atomic mass is 10.2. The van der Waals surface area contributed by atoms with Crippen molar-refractivity contribution in [1.82, 2.24) is 0 Å². The number of amides is 1. The van der Waals surface area contributed by atoms with E-state index >= 15 is 0 Å². The number of nitro benzene ring substituents is 1. The zero-order valence-electron chi connectivity index (χ0n) is 11.7. The van der Waals surface area contributed by atoms with Crippen LogP contribution in [0.3, 0.4) is 0 Å². The van der Waals surface area contributed by atoms with Gasteiger partial charge in [0.2, 0.25) is 0 Å². The molecule has 0 radical (unpaired) electrons. The lowest BCUT2D eigenvalue weighted by molar-refractivity contribution is -0.384. The SMILES string of the molecule is Cc1ccc(N(Sc2ccc([N+](=O)[O-])cc2)C(=O)CCl)cc1. The van der Waals surface area contributed by atoms with Gasteiger partial charge in [0.15, 0.2) is 0 Å². The minimum Gasteiger partial charge on any atom is -0.272 e. The van der Waals surface area contributed by atoms with Crippen LogP contribution in [0.2, 0.25) is 0 Å². The topological polar surface area (TPSA) is 63.4 Å². The molecule has 1 amide bonds. The summed E-state index contributed by atoms with van der Waals surface area (Å²) in [7, 11) is 0. The van der Waals surface area contributed by atoms with E-state index in [1.807, 2.05) is 31.2 Å². The Hall–Kier alpha value is -2.05. The highest BCUT2D eigenvalue weighted by molar-refractivity contribution is 8.01. The third-order valence-electron chi connectivity index (χ3n) is 2.85. The van der Waals surface area contributed by atoms with Gasteiger partial charge in [-0.15, -0.1) is 11.6 Å². The standard InChI is InChI=1S/C15H13ClN2O3S/c1-11-2-4-12(5-3-11)17(15(19)10-16)22-14-8-6-13(7-9-14)18(20)21/h2-9H,10H2,1H3. The maximum Gasteiger partial charge on any atom is 0.269 e. The van der Waals surface area contributed by atoms with E-state index in [9.17, 15) is 14.9 Å². The van der Waals surface area contributed by atoms with Crippen molar-refractivity contribution in [1.29, 1.82) is 0 Å². The summed E-state index contributed by atoms with van der Waals surface area (Å²) in [4.78, 5) is 23.0. The second-order valence-corrected chi connectivity index (χ2v) is 5.79. The van der Waals surface area contributed by atoms with Crippen LogP contribution in [0, 0.1) is 17.0 Å². The molecule has 2 rings (SSSR count). The molecule has 2 aromatic carbocycles. The molecule has 0 saturated heterocycles. The van der Waals surface area contributed by atoms with Crippen molar-refractivity contribution in [3.8, 4) is 0 Å². The van der Waals surface area contributed by atoms with E-state index in [-0.39, 0.29) is 17.5 Å². The van der Waals surface area contributed by atoms with E-state index in [0.717, 1.165) is 5.56 Å². The number of benzene rings is 2. The minimum atomic E-state index is -0.462. The maximum absolute atomic E-state index is 12.0. The number of nitro groups is 1. The molecular weight excluding hydrogens is 324 g/mol. The number of alkyl halides is 1. The van der Waals surface area contributed by atoms with Crippen molar-refractivity contribution in [2.45, 2.75) is 11.8 Å². The molecule has 5 nitrogen and oxygen atoms in total. The predicted molar refractivity (Wildman–Crippen MR) is 88.3 cm³/mol. The summed E-state index contributed by atoms with van der Waals surface area (Å²) in [6, 6.07) is 13.5. The third-order valence-corrected chi connectivity index (χ3v) is 4.16. The number of carbonyl (C=O) groups is 1. The number of aryl methyl sites for hydroxylation is 1. The van der Waals surface area contributed by atoms with Crippen LogP contribution in [0.4, 0.5) is 11.4 Å². The van der Waals surface area contributed by atoms with Gasteiger partial charge < -0.3 is 0 Å². The van der Waals surface area contributed by atoms with Crippen LogP contribution in [0.15, 0.2) is 53.4 Å². The third kappa shape index (κ3) is 3.99. The van der Waals surface area contributed by atoms with Crippen LogP contribution in [0.5, 0.6) is 0 Å². The first-order valence-corrected chi connectivity index (χ1v) is 7.70. The van der Waals surface area contributed by atoms with Gasteiger partial charge in [-0.25, -0.2) is 4.31 Å². The van der Waals surface area contributed by atoms with Crippen LogP contribution in [0.1, 0.15) is 5.56 Å².